The molecule has 2 saturated heterocycles. The van der Waals surface area contributed by atoms with Gasteiger partial charge >= 0.3 is 0 Å². The number of hydrogen-bond donors (Lipinski definition) is 0. The smallest absolute Gasteiger partial charge is 0.253 e. The molecule has 0 aromatic heterocycles. The Balaban J connectivity index is 1.25. The lowest BCUT2D eigenvalue weighted by Gasteiger charge is -2.33. The van der Waals surface area contributed by atoms with Crippen molar-refractivity contribution in [3.05, 3.63) is 71.0 Å². The third kappa shape index (κ3) is 8.17. The summed E-state index contributed by atoms with van der Waals surface area (Å²) in [5, 5.41) is 0. The second-order valence-electron chi connectivity index (χ2n) is 10.1. The third-order valence-corrected chi connectivity index (χ3v) is 7.40. The molecule has 8 heteroatoms. The van der Waals surface area contributed by atoms with Crippen molar-refractivity contribution < 1.29 is 28.2 Å². The van der Waals surface area contributed by atoms with Crippen molar-refractivity contribution in [2.24, 2.45) is 5.92 Å². The van der Waals surface area contributed by atoms with Crippen LogP contribution >= 0.6 is 0 Å². The maximum atomic E-state index is 13.3. The molecule has 2 aromatic carbocycles. The normalized spacial score (nSPS) is 18.8. The van der Waals surface area contributed by atoms with Crippen LogP contribution in [0.4, 0.5) is 4.39 Å². The number of benzene rings is 2. The summed E-state index contributed by atoms with van der Waals surface area (Å²) in [5.74, 6) is -0.318. The van der Waals surface area contributed by atoms with Gasteiger partial charge in [0.15, 0.2) is 12.1 Å². The molecule has 38 heavy (non-hydrogen) atoms. The van der Waals surface area contributed by atoms with Crippen molar-refractivity contribution in [2.75, 3.05) is 53.0 Å². The molecule has 0 spiro atoms. The highest BCUT2D eigenvalue weighted by Gasteiger charge is 2.26. The van der Waals surface area contributed by atoms with Crippen molar-refractivity contribution in [1.82, 2.24) is 9.80 Å². The Bertz CT molecular complexity index is 1020. The summed E-state index contributed by atoms with van der Waals surface area (Å²) in [6, 6.07) is 13.4. The minimum atomic E-state index is -0.335. The number of Topliss-reactive ketones (excluding diaryl/α,β-unsaturated/α-hetero) is 1. The number of methoxy groups -OCH3 is 1. The van der Waals surface area contributed by atoms with Gasteiger partial charge in [-0.2, -0.15) is 0 Å². The van der Waals surface area contributed by atoms with Gasteiger partial charge in [-0.3, -0.25) is 9.59 Å². The highest BCUT2D eigenvalue weighted by atomic mass is 19.1. The Hall–Kier alpha value is -2.65. The molecule has 2 heterocycles. The van der Waals surface area contributed by atoms with Crippen molar-refractivity contribution in [3.63, 3.8) is 0 Å². The zero-order valence-corrected chi connectivity index (χ0v) is 22.3. The predicted octanol–water partition coefficient (Wildman–Crippen LogP) is 4.55. The summed E-state index contributed by atoms with van der Waals surface area (Å²) >= 11 is 0. The molecular formula is C30H39FN2O5. The largest absolute Gasteiger partial charge is 0.383 e. The van der Waals surface area contributed by atoms with Gasteiger partial charge in [0.25, 0.3) is 5.91 Å². The lowest BCUT2D eigenvalue weighted by molar-refractivity contribution is -0.168. The summed E-state index contributed by atoms with van der Waals surface area (Å²) in [4.78, 5) is 30.2. The molecule has 0 radical (unpaired) electrons. The zero-order chi connectivity index (χ0) is 26.7. The first kappa shape index (κ1) is 28.4. The Kier molecular flexibility index (Phi) is 10.8. The molecule has 2 aromatic rings. The fourth-order valence-electron chi connectivity index (χ4n) is 5.01. The highest BCUT2D eigenvalue weighted by molar-refractivity contribution is 5.97. The number of hydrogen-bond acceptors (Lipinski definition) is 6. The lowest BCUT2D eigenvalue weighted by Crippen LogP contribution is -2.43. The van der Waals surface area contributed by atoms with Crippen LogP contribution in [0.25, 0.3) is 0 Å². The number of amides is 1. The Morgan fingerprint density at radius 3 is 2.34 bits per heavy atom. The van der Waals surface area contributed by atoms with E-state index in [1.165, 1.54) is 12.1 Å². The number of halogens is 1. The Labute approximate surface area is 224 Å². The highest BCUT2D eigenvalue weighted by Crippen LogP contribution is 2.22. The molecule has 2 fully saturated rings. The number of ketones is 1. The van der Waals surface area contributed by atoms with E-state index >= 15 is 0 Å². The number of likely N-dealkylation sites (tertiary alicyclic amines) is 1. The van der Waals surface area contributed by atoms with Crippen LogP contribution < -0.4 is 0 Å². The summed E-state index contributed by atoms with van der Waals surface area (Å²) in [6.07, 6.45) is 4.52. The van der Waals surface area contributed by atoms with Gasteiger partial charge in [0.1, 0.15) is 5.82 Å². The van der Waals surface area contributed by atoms with Crippen LogP contribution in [0.15, 0.2) is 48.5 Å². The summed E-state index contributed by atoms with van der Waals surface area (Å²) < 4.78 is 29.9. The van der Waals surface area contributed by atoms with Crippen LogP contribution in [0, 0.1) is 11.7 Å². The maximum Gasteiger partial charge on any atom is 0.253 e. The molecule has 4 rings (SSSR count). The van der Waals surface area contributed by atoms with Gasteiger partial charge in [0.2, 0.25) is 0 Å². The lowest BCUT2D eigenvalue weighted by atomic mass is 9.89. The molecule has 1 unspecified atom stereocenters. The number of rotatable bonds is 12. The first-order chi connectivity index (χ1) is 18.5. The molecule has 0 saturated carbocycles. The van der Waals surface area contributed by atoms with Gasteiger partial charge in [0, 0.05) is 50.4 Å². The van der Waals surface area contributed by atoms with E-state index in [4.69, 9.17) is 14.2 Å². The SMILES string of the molecule is COCCN(CCN1CCC(C(=O)c2ccc(F)cc2)CC1)C(=O)c1ccc(COC2CCCCO2)cc1. The average Bonchev–Trinajstić information content (AvgIpc) is 2.97. The van der Waals surface area contributed by atoms with E-state index in [0.29, 0.717) is 37.4 Å². The van der Waals surface area contributed by atoms with Crippen LogP contribution in [0.3, 0.4) is 0 Å². The summed E-state index contributed by atoms with van der Waals surface area (Å²) in [7, 11) is 1.64. The molecule has 2 aliphatic heterocycles. The van der Waals surface area contributed by atoms with E-state index in [1.807, 2.05) is 29.2 Å². The van der Waals surface area contributed by atoms with E-state index in [2.05, 4.69) is 4.90 Å². The molecule has 0 bridgehead atoms. The van der Waals surface area contributed by atoms with Gasteiger partial charge in [-0.25, -0.2) is 4.39 Å². The van der Waals surface area contributed by atoms with Crippen LogP contribution in [0.2, 0.25) is 0 Å². The van der Waals surface area contributed by atoms with Gasteiger partial charge in [-0.15, -0.1) is 0 Å². The Morgan fingerprint density at radius 1 is 0.974 bits per heavy atom. The van der Waals surface area contributed by atoms with Crippen molar-refractivity contribution in [2.45, 2.75) is 45.0 Å². The molecule has 0 N–H and O–H groups in total. The minimum absolute atomic E-state index is 0.0218. The molecule has 206 valence electrons. The molecule has 2 aliphatic rings. The van der Waals surface area contributed by atoms with Crippen LogP contribution in [0.5, 0.6) is 0 Å². The van der Waals surface area contributed by atoms with Gasteiger partial charge in [-0.1, -0.05) is 12.1 Å². The van der Waals surface area contributed by atoms with E-state index in [1.54, 1.807) is 19.2 Å². The van der Waals surface area contributed by atoms with Crippen molar-refractivity contribution in [1.29, 1.82) is 0 Å². The standard InChI is InChI=1S/C30H39FN2O5/c1-36-21-19-33(30(35)26-7-5-23(6-8-26)22-38-28-4-2-3-20-37-28)18-17-32-15-13-25(14-16-32)29(34)24-9-11-27(31)12-10-24/h5-12,25,28H,2-4,13-22H2,1H3. The summed E-state index contributed by atoms with van der Waals surface area (Å²) in [6.45, 7) is 5.11. The van der Waals surface area contributed by atoms with Crippen LogP contribution in [-0.2, 0) is 20.8 Å². The third-order valence-electron chi connectivity index (χ3n) is 7.40. The fourth-order valence-corrected chi connectivity index (χ4v) is 5.01. The monoisotopic (exact) mass is 526 g/mol. The Morgan fingerprint density at radius 2 is 1.68 bits per heavy atom. The average molecular weight is 527 g/mol. The minimum Gasteiger partial charge on any atom is -0.383 e. The fraction of sp³-hybridized carbons (Fsp3) is 0.533. The quantitative estimate of drug-likeness (QED) is 0.378. The first-order valence-corrected chi connectivity index (χ1v) is 13.7. The maximum absolute atomic E-state index is 13.3. The van der Waals surface area contributed by atoms with Gasteiger partial charge in [0.05, 0.1) is 13.2 Å². The second kappa shape index (κ2) is 14.5. The number of carbonyl (C=O) groups is 2. The van der Waals surface area contributed by atoms with Crippen LogP contribution in [-0.4, -0.2) is 80.8 Å². The van der Waals surface area contributed by atoms with Crippen LogP contribution in [0.1, 0.15) is 58.4 Å². The number of piperidine rings is 1. The topological polar surface area (TPSA) is 68.3 Å². The molecule has 1 atom stereocenters. The van der Waals surface area contributed by atoms with Gasteiger partial charge in [-0.05, 0) is 87.2 Å². The van der Waals surface area contributed by atoms with Crippen molar-refractivity contribution >= 4 is 11.7 Å². The second-order valence-corrected chi connectivity index (χ2v) is 10.1. The molecule has 7 nitrogen and oxygen atoms in total. The number of carbonyl (C=O) groups excluding carboxylic acids is 2. The first-order valence-electron chi connectivity index (χ1n) is 13.7. The predicted molar refractivity (Wildman–Crippen MR) is 142 cm³/mol. The van der Waals surface area contributed by atoms with E-state index in [9.17, 15) is 14.0 Å². The van der Waals surface area contributed by atoms with E-state index in [0.717, 1.165) is 63.9 Å². The van der Waals surface area contributed by atoms with E-state index < -0.39 is 0 Å². The summed E-state index contributed by atoms with van der Waals surface area (Å²) in [5.41, 5.74) is 2.22. The number of ether oxygens (including phenoxy) is 3. The molecule has 1 amide bonds. The van der Waals surface area contributed by atoms with E-state index in [-0.39, 0.29) is 29.7 Å². The number of nitrogens with zero attached hydrogens (tertiary/aromatic N) is 2. The van der Waals surface area contributed by atoms with Crippen molar-refractivity contribution in [3.8, 4) is 0 Å². The molecule has 0 aliphatic carbocycles. The zero-order valence-electron chi connectivity index (χ0n) is 22.3. The van der Waals surface area contributed by atoms with Gasteiger partial charge < -0.3 is 24.0 Å². The molecular weight excluding hydrogens is 487 g/mol.